The first-order valence-electron chi connectivity index (χ1n) is 8.56. The topological polar surface area (TPSA) is 53.7 Å². The molecule has 0 radical (unpaired) electrons. The van der Waals surface area contributed by atoms with Gasteiger partial charge in [-0.3, -0.25) is 0 Å². The maximum Gasteiger partial charge on any atom is 0.495 e. The number of nitrogens with two attached hydrogens (primary N) is 1. The van der Waals surface area contributed by atoms with Gasteiger partial charge in [-0.1, -0.05) is 6.07 Å². The molecule has 1 aliphatic heterocycles. The molecule has 3 rings (SSSR count). The highest BCUT2D eigenvalue weighted by molar-refractivity contribution is 6.65. The van der Waals surface area contributed by atoms with Crippen LogP contribution in [0.1, 0.15) is 30.4 Å². The molecule has 1 fully saturated rings. The molecule has 24 heavy (non-hydrogen) atoms. The average Bonchev–Trinajstić information content (AvgIpc) is 2.68. The van der Waals surface area contributed by atoms with E-state index >= 15 is 0 Å². The molecule has 4 nitrogen and oxygen atoms in total. The second-order valence-corrected chi connectivity index (χ2v) is 6.85. The summed E-state index contributed by atoms with van der Waals surface area (Å²) in [5.41, 5.74) is 5.36. The van der Waals surface area contributed by atoms with Crippen LogP contribution in [0.25, 0.3) is 10.8 Å². The van der Waals surface area contributed by atoms with Gasteiger partial charge in [-0.15, -0.1) is 0 Å². The SMILES string of the molecule is [2H]C([2H])(F)Oc1c(F)ccc2cc(N)cc(B3OC(C)(C)C(C)(C)O3)c12. The minimum atomic E-state index is -3.55. The Morgan fingerprint density at radius 1 is 1.21 bits per heavy atom. The summed E-state index contributed by atoms with van der Waals surface area (Å²) in [5, 5.41) is 0.606. The van der Waals surface area contributed by atoms with Crippen molar-refractivity contribution in [2.45, 2.75) is 38.9 Å². The predicted octanol–water partition coefficient (Wildman–Crippen LogP) is 3.17. The fourth-order valence-corrected chi connectivity index (χ4v) is 2.76. The van der Waals surface area contributed by atoms with Gasteiger partial charge in [0.2, 0.25) is 6.81 Å². The highest BCUT2D eigenvalue weighted by atomic mass is 19.1. The zero-order valence-corrected chi connectivity index (χ0v) is 13.9. The van der Waals surface area contributed by atoms with Crippen LogP contribution in [0.5, 0.6) is 5.75 Å². The van der Waals surface area contributed by atoms with E-state index in [4.69, 9.17) is 17.8 Å². The summed E-state index contributed by atoms with van der Waals surface area (Å²) in [5.74, 6) is -1.46. The van der Waals surface area contributed by atoms with Crippen molar-refractivity contribution in [2.75, 3.05) is 12.5 Å². The van der Waals surface area contributed by atoms with Crippen molar-refractivity contribution in [3.05, 3.63) is 30.1 Å². The second kappa shape index (κ2) is 5.60. The molecule has 0 aliphatic carbocycles. The first-order valence-corrected chi connectivity index (χ1v) is 7.56. The third-order valence-corrected chi connectivity index (χ3v) is 4.72. The van der Waals surface area contributed by atoms with E-state index < -0.39 is 36.7 Å². The maximum absolute atomic E-state index is 14.4. The van der Waals surface area contributed by atoms with Gasteiger partial charge in [0.1, 0.15) is 2.74 Å². The molecule has 7 heteroatoms. The third kappa shape index (κ3) is 2.61. The molecular weight excluding hydrogens is 315 g/mol. The van der Waals surface area contributed by atoms with E-state index in [0.29, 0.717) is 16.5 Å². The van der Waals surface area contributed by atoms with E-state index in [9.17, 15) is 8.78 Å². The van der Waals surface area contributed by atoms with Crippen molar-refractivity contribution in [1.29, 1.82) is 0 Å². The fraction of sp³-hybridized carbons (Fsp3) is 0.412. The first-order chi connectivity index (χ1) is 11.8. The number of hydrogen-bond acceptors (Lipinski definition) is 4. The molecule has 1 heterocycles. The lowest BCUT2D eigenvalue weighted by Crippen LogP contribution is -2.41. The minimum absolute atomic E-state index is 0.152. The molecule has 2 N–H and O–H groups in total. The second-order valence-electron chi connectivity index (χ2n) is 6.85. The molecule has 1 aliphatic rings. The number of anilines is 1. The lowest BCUT2D eigenvalue weighted by Gasteiger charge is -2.32. The van der Waals surface area contributed by atoms with Gasteiger partial charge >= 0.3 is 7.12 Å². The lowest BCUT2D eigenvalue weighted by molar-refractivity contribution is 0.00578. The van der Waals surface area contributed by atoms with E-state index in [1.165, 1.54) is 12.1 Å². The largest absolute Gasteiger partial charge is 0.495 e. The lowest BCUT2D eigenvalue weighted by atomic mass is 9.75. The molecule has 0 saturated carbocycles. The van der Waals surface area contributed by atoms with Crippen molar-refractivity contribution in [3.8, 4) is 5.75 Å². The molecule has 0 unspecified atom stereocenters. The predicted molar refractivity (Wildman–Crippen MR) is 90.6 cm³/mol. The number of nitrogen functional groups attached to an aromatic ring is 1. The number of rotatable bonds is 3. The molecule has 128 valence electrons. The Kier molecular flexibility index (Phi) is 3.38. The summed E-state index contributed by atoms with van der Waals surface area (Å²) in [6.07, 6.45) is 0. The number of alkyl halides is 1. The Bertz CT molecular complexity index is 855. The highest BCUT2D eigenvalue weighted by Crippen LogP contribution is 2.38. The van der Waals surface area contributed by atoms with Gasteiger partial charge in [-0.05, 0) is 56.7 Å². The zero-order chi connectivity index (χ0) is 19.5. The van der Waals surface area contributed by atoms with E-state index in [0.717, 1.165) is 6.07 Å². The maximum atomic E-state index is 14.4. The van der Waals surface area contributed by atoms with Crippen molar-refractivity contribution in [3.63, 3.8) is 0 Å². The summed E-state index contributed by atoms with van der Waals surface area (Å²) in [4.78, 5) is 0. The summed E-state index contributed by atoms with van der Waals surface area (Å²) < 4.78 is 58.5. The van der Waals surface area contributed by atoms with Gasteiger partial charge in [-0.25, -0.2) is 8.78 Å². The summed E-state index contributed by atoms with van der Waals surface area (Å²) in [7, 11) is -0.902. The summed E-state index contributed by atoms with van der Waals surface area (Å²) >= 11 is 0. The molecule has 2 aromatic rings. The van der Waals surface area contributed by atoms with Gasteiger partial charge in [0.05, 0.1) is 11.2 Å². The molecule has 0 bridgehead atoms. The highest BCUT2D eigenvalue weighted by Gasteiger charge is 2.52. The Balaban J connectivity index is 2.24. The molecular formula is C17H20BF2NO3. The number of halogens is 2. The van der Waals surface area contributed by atoms with Crippen LogP contribution >= 0.6 is 0 Å². The van der Waals surface area contributed by atoms with Crippen molar-refractivity contribution in [1.82, 2.24) is 0 Å². The van der Waals surface area contributed by atoms with Crippen LogP contribution in [0.2, 0.25) is 0 Å². The molecule has 1 saturated heterocycles. The van der Waals surface area contributed by atoms with Crippen molar-refractivity contribution in [2.24, 2.45) is 0 Å². The quantitative estimate of drug-likeness (QED) is 0.691. The third-order valence-electron chi connectivity index (χ3n) is 4.72. The molecule has 0 spiro atoms. The Morgan fingerprint density at radius 3 is 2.42 bits per heavy atom. The van der Waals surface area contributed by atoms with Crippen molar-refractivity contribution < 1.29 is 25.6 Å². The smallest absolute Gasteiger partial charge is 0.459 e. The molecule has 0 aromatic heterocycles. The van der Waals surface area contributed by atoms with Gasteiger partial charge in [0.25, 0.3) is 0 Å². The molecule has 0 atom stereocenters. The fourth-order valence-electron chi connectivity index (χ4n) is 2.76. The van der Waals surface area contributed by atoms with Crippen LogP contribution in [0, 0.1) is 5.82 Å². The van der Waals surface area contributed by atoms with Crippen LogP contribution in [-0.4, -0.2) is 25.1 Å². The number of ether oxygens (including phenoxy) is 1. The van der Waals surface area contributed by atoms with E-state index in [2.05, 4.69) is 4.74 Å². The van der Waals surface area contributed by atoms with Gasteiger partial charge in [0.15, 0.2) is 11.6 Å². The van der Waals surface area contributed by atoms with E-state index in [-0.39, 0.29) is 5.39 Å². The summed E-state index contributed by atoms with van der Waals surface area (Å²) in [6.45, 7) is 3.89. The molecule has 2 aromatic carbocycles. The summed E-state index contributed by atoms with van der Waals surface area (Å²) in [6, 6.07) is 5.61. The van der Waals surface area contributed by atoms with Crippen LogP contribution in [0.3, 0.4) is 0 Å². The average molecular weight is 337 g/mol. The van der Waals surface area contributed by atoms with E-state index in [1.54, 1.807) is 6.07 Å². The number of benzene rings is 2. The first kappa shape index (κ1) is 14.5. The molecule has 0 amide bonds. The Morgan fingerprint density at radius 2 is 1.83 bits per heavy atom. The normalized spacial score (nSPS) is 20.8. The van der Waals surface area contributed by atoms with Crippen LogP contribution in [0.4, 0.5) is 14.5 Å². The Hall–Kier alpha value is -1.86. The van der Waals surface area contributed by atoms with Gasteiger partial charge in [0, 0.05) is 11.1 Å². The zero-order valence-electron chi connectivity index (χ0n) is 15.9. The van der Waals surface area contributed by atoms with E-state index in [1.807, 2.05) is 27.7 Å². The van der Waals surface area contributed by atoms with Gasteiger partial charge in [-0.2, -0.15) is 0 Å². The standard InChI is InChI=1S/C17H20BF2NO3/c1-16(2)17(3,4)24-18(23-16)12-8-11(21)7-10-5-6-13(20)15(14(10)12)22-9-19/h5-8H,9,21H2,1-4H3/i9D2. The van der Waals surface area contributed by atoms with Crippen LogP contribution in [0.15, 0.2) is 24.3 Å². The minimum Gasteiger partial charge on any atom is -0.459 e. The van der Waals surface area contributed by atoms with Crippen LogP contribution in [-0.2, 0) is 9.31 Å². The van der Waals surface area contributed by atoms with Crippen LogP contribution < -0.4 is 15.9 Å². The Labute approximate surface area is 142 Å². The van der Waals surface area contributed by atoms with Crippen molar-refractivity contribution >= 4 is 29.0 Å². The number of fused-ring (bicyclic) bond motifs is 1. The monoisotopic (exact) mass is 337 g/mol. The number of hydrogen-bond donors (Lipinski definition) is 1. The van der Waals surface area contributed by atoms with Gasteiger partial charge < -0.3 is 19.8 Å².